The Morgan fingerprint density at radius 1 is 1.64 bits per heavy atom. The van der Waals surface area contributed by atoms with Gasteiger partial charge in [0.15, 0.2) is 0 Å². The van der Waals surface area contributed by atoms with Crippen LogP contribution in [-0.2, 0) is 9.59 Å². The Hall–Kier alpha value is -1.41. The Bertz CT molecular complexity index is 204. The van der Waals surface area contributed by atoms with Crippen LogP contribution in [0.25, 0.3) is 0 Å². The Balaban J connectivity index is 3.47. The molecule has 0 aliphatic heterocycles. The number of aliphatic imine (C=N–C) groups is 1. The first-order chi connectivity index (χ1) is 5.18. The van der Waals surface area contributed by atoms with Crippen molar-refractivity contribution in [3.05, 3.63) is 12.2 Å². The molecule has 0 aliphatic rings. The van der Waals surface area contributed by atoms with E-state index in [1.165, 1.54) is 6.08 Å². The summed E-state index contributed by atoms with van der Waals surface area (Å²) in [6, 6.07) is 0. The van der Waals surface area contributed by atoms with Crippen molar-refractivity contribution in [3.8, 4) is 0 Å². The van der Waals surface area contributed by atoms with Crippen molar-refractivity contribution in [1.29, 1.82) is 0 Å². The normalized spacial score (nSPS) is 8.36. The van der Waals surface area contributed by atoms with Gasteiger partial charge in [-0.3, -0.25) is 0 Å². The van der Waals surface area contributed by atoms with Crippen LogP contribution < -0.4 is 5.11 Å². The van der Waals surface area contributed by atoms with Gasteiger partial charge in [-0.05, 0) is 18.4 Å². The molecule has 4 nitrogen and oxygen atoms in total. The zero-order valence-corrected chi connectivity index (χ0v) is 6.00. The fraction of sp³-hybridized carbons (Fsp3) is 0.429. The number of hydrogen-bond donors (Lipinski definition) is 0. The number of isocyanates is 1. The second kappa shape index (κ2) is 5.38. The number of carbonyl (C=O) groups excluding carboxylic acids is 2. The summed E-state index contributed by atoms with van der Waals surface area (Å²) in [5, 5.41) is 10.0. The maximum Gasteiger partial charge on any atom is 0.234 e. The minimum atomic E-state index is -1.25. The second-order valence-corrected chi connectivity index (χ2v) is 1.97. The van der Waals surface area contributed by atoms with Gasteiger partial charge in [0, 0.05) is 0 Å². The molecule has 0 radical (unpaired) electrons. The quantitative estimate of drug-likeness (QED) is 0.230. The van der Waals surface area contributed by atoms with Gasteiger partial charge in [0.05, 0.1) is 12.5 Å². The van der Waals surface area contributed by atoms with Gasteiger partial charge >= 0.3 is 0 Å². The average molecular weight is 154 g/mol. The molecule has 0 saturated carbocycles. The fourth-order valence-corrected chi connectivity index (χ4v) is 0.519. The summed E-state index contributed by atoms with van der Waals surface area (Å²) in [6.07, 6.45) is 2.14. The minimum Gasteiger partial charge on any atom is -0.545 e. The maximum atomic E-state index is 10.0. The van der Waals surface area contributed by atoms with Crippen LogP contribution in [0.2, 0.25) is 0 Å². The van der Waals surface area contributed by atoms with Gasteiger partial charge in [0.2, 0.25) is 6.08 Å². The van der Waals surface area contributed by atoms with E-state index in [0.717, 1.165) is 0 Å². The SMILES string of the molecule is C=C(CCCN=C=O)C(=O)[O-]. The van der Waals surface area contributed by atoms with Crippen LogP contribution in [0.3, 0.4) is 0 Å². The molecule has 0 N–H and O–H groups in total. The summed E-state index contributed by atoms with van der Waals surface area (Å²) in [7, 11) is 0. The third-order valence-corrected chi connectivity index (χ3v) is 1.10. The van der Waals surface area contributed by atoms with E-state index in [4.69, 9.17) is 0 Å². The Kier molecular flexibility index (Phi) is 4.69. The summed E-state index contributed by atoms with van der Waals surface area (Å²) < 4.78 is 0. The number of hydrogen-bond acceptors (Lipinski definition) is 4. The van der Waals surface area contributed by atoms with E-state index in [1.807, 2.05) is 0 Å². The Labute approximate surface area is 64.3 Å². The minimum absolute atomic E-state index is 0.0334. The average Bonchev–Trinajstić information content (AvgIpc) is 1.97. The molecule has 0 bridgehead atoms. The van der Waals surface area contributed by atoms with Gasteiger partial charge in [0.25, 0.3) is 0 Å². The molecule has 0 aromatic carbocycles. The van der Waals surface area contributed by atoms with Crippen molar-refractivity contribution in [2.24, 2.45) is 4.99 Å². The molecule has 0 aromatic rings. The largest absolute Gasteiger partial charge is 0.545 e. The molecule has 0 fully saturated rings. The van der Waals surface area contributed by atoms with Crippen molar-refractivity contribution in [2.45, 2.75) is 12.8 Å². The third kappa shape index (κ3) is 5.06. The zero-order valence-electron chi connectivity index (χ0n) is 6.00. The molecule has 0 saturated heterocycles. The van der Waals surface area contributed by atoms with Crippen LogP contribution in [0, 0.1) is 0 Å². The number of rotatable bonds is 5. The van der Waals surface area contributed by atoms with Gasteiger partial charge in [-0.25, -0.2) is 9.79 Å². The molecular formula is C7H8NO3-. The van der Waals surface area contributed by atoms with Crippen LogP contribution in [0.4, 0.5) is 0 Å². The van der Waals surface area contributed by atoms with Gasteiger partial charge in [-0.15, -0.1) is 0 Å². The van der Waals surface area contributed by atoms with E-state index in [2.05, 4.69) is 11.6 Å². The van der Waals surface area contributed by atoms with Gasteiger partial charge in [0.1, 0.15) is 0 Å². The summed E-state index contributed by atoms with van der Waals surface area (Å²) in [5.41, 5.74) is 0.0334. The summed E-state index contributed by atoms with van der Waals surface area (Å²) >= 11 is 0. The number of aliphatic carboxylic acids is 1. The molecule has 0 aromatic heterocycles. The topological polar surface area (TPSA) is 69.6 Å². The predicted octanol–water partition coefficient (Wildman–Crippen LogP) is -0.592. The lowest BCUT2D eigenvalue weighted by Crippen LogP contribution is -2.23. The van der Waals surface area contributed by atoms with Gasteiger partial charge in [-0.2, -0.15) is 0 Å². The van der Waals surface area contributed by atoms with Gasteiger partial charge in [-0.1, -0.05) is 6.58 Å². The summed E-state index contributed by atoms with van der Waals surface area (Å²) in [4.78, 5) is 22.8. The molecule has 0 heterocycles. The number of carbonyl (C=O) groups is 1. The lowest BCUT2D eigenvalue weighted by molar-refractivity contribution is -0.299. The molecular weight excluding hydrogens is 146 g/mol. The van der Waals surface area contributed by atoms with Crippen LogP contribution >= 0.6 is 0 Å². The molecule has 0 unspecified atom stereocenters. The van der Waals surface area contributed by atoms with E-state index in [-0.39, 0.29) is 12.1 Å². The summed E-state index contributed by atoms with van der Waals surface area (Å²) in [5.74, 6) is -1.25. The second-order valence-electron chi connectivity index (χ2n) is 1.97. The monoisotopic (exact) mass is 154 g/mol. The molecule has 60 valence electrons. The highest BCUT2D eigenvalue weighted by molar-refractivity contribution is 5.83. The first kappa shape index (κ1) is 9.59. The van der Waals surface area contributed by atoms with Crippen LogP contribution in [-0.4, -0.2) is 18.6 Å². The van der Waals surface area contributed by atoms with Crippen molar-refractivity contribution >= 4 is 12.0 Å². The Morgan fingerprint density at radius 3 is 2.73 bits per heavy atom. The molecule has 0 rings (SSSR count). The molecule has 11 heavy (non-hydrogen) atoms. The van der Waals surface area contributed by atoms with Crippen molar-refractivity contribution in [1.82, 2.24) is 0 Å². The van der Waals surface area contributed by atoms with Crippen molar-refractivity contribution in [2.75, 3.05) is 6.54 Å². The van der Waals surface area contributed by atoms with Crippen molar-refractivity contribution < 1.29 is 14.7 Å². The number of carboxylic acid groups (broad SMARTS) is 1. The smallest absolute Gasteiger partial charge is 0.234 e. The van der Waals surface area contributed by atoms with E-state index in [1.54, 1.807) is 0 Å². The van der Waals surface area contributed by atoms with Crippen LogP contribution in [0.15, 0.2) is 17.1 Å². The highest BCUT2D eigenvalue weighted by Gasteiger charge is 1.93. The van der Waals surface area contributed by atoms with Crippen molar-refractivity contribution in [3.63, 3.8) is 0 Å². The lowest BCUT2D eigenvalue weighted by atomic mass is 10.2. The molecule has 0 spiro atoms. The third-order valence-electron chi connectivity index (χ3n) is 1.10. The van der Waals surface area contributed by atoms with E-state index >= 15 is 0 Å². The van der Waals surface area contributed by atoms with Gasteiger partial charge < -0.3 is 9.90 Å². The number of nitrogens with zero attached hydrogens (tertiary/aromatic N) is 1. The molecule has 0 aliphatic carbocycles. The zero-order chi connectivity index (χ0) is 8.69. The number of carboxylic acids is 1. The summed E-state index contributed by atoms with van der Waals surface area (Å²) in [6.45, 7) is 3.54. The molecule has 0 atom stereocenters. The van der Waals surface area contributed by atoms with E-state index in [0.29, 0.717) is 12.8 Å². The highest BCUT2D eigenvalue weighted by atomic mass is 16.4. The highest BCUT2D eigenvalue weighted by Crippen LogP contribution is 1.99. The van der Waals surface area contributed by atoms with Crippen LogP contribution in [0.5, 0.6) is 0 Å². The predicted molar refractivity (Wildman–Crippen MR) is 36.4 cm³/mol. The first-order valence-electron chi connectivity index (χ1n) is 3.11. The Morgan fingerprint density at radius 2 is 2.27 bits per heavy atom. The standard InChI is InChI=1S/C7H9NO3/c1-6(7(10)11)3-2-4-8-5-9/h1-4H2,(H,10,11)/p-1. The lowest BCUT2D eigenvalue weighted by Gasteiger charge is -2.03. The fourth-order valence-electron chi connectivity index (χ4n) is 0.519. The molecule has 0 amide bonds. The molecule has 4 heteroatoms. The first-order valence-corrected chi connectivity index (χ1v) is 3.11. The van der Waals surface area contributed by atoms with Crippen LogP contribution in [0.1, 0.15) is 12.8 Å². The van der Waals surface area contributed by atoms with E-state index in [9.17, 15) is 14.7 Å². The van der Waals surface area contributed by atoms with E-state index < -0.39 is 5.97 Å². The maximum absolute atomic E-state index is 10.0.